The van der Waals surface area contributed by atoms with Gasteiger partial charge in [0.2, 0.25) is 0 Å². The zero-order chi connectivity index (χ0) is 11.0. The van der Waals surface area contributed by atoms with Crippen molar-refractivity contribution in [3.63, 3.8) is 0 Å². The summed E-state index contributed by atoms with van der Waals surface area (Å²) in [6.07, 6.45) is 0. The number of nitrogens with one attached hydrogen (secondary N) is 1. The molecule has 1 aliphatic heterocycles. The first kappa shape index (κ1) is 9.93. The van der Waals surface area contributed by atoms with Crippen LogP contribution in [-0.2, 0) is 0 Å². The van der Waals surface area contributed by atoms with E-state index < -0.39 is 0 Å². The third kappa shape index (κ3) is 1.54. The van der Waals surface area contributed by atoms with Crippen LogP contribution in [0.2, 0.25) is 0 Å². The largest absolute Gasteiger partial charge is 0.352 e. The second kappa shape index (κ2) is 3.96. The number of benzene rings is 1. The highest BCUT2D eigenvalue weighted by Crippen LogP contribution is 2.26. The molecule has 1 N–H and O–H groups in total. The van der Waals surface area contributed by atoms with E-state index in [-0.39, 0.29) is 0 Å². The average Bonchev–Trinajstić information content (AvgIpc) is 2.69. The van der Waals surface area contributed by atoms with E-state index in [4.69, 9.17) is 11.8 Å². The quantitative estimate of drug-likeness (QED) is 0.814. The van der Waals surface area contributed by atoms with Crippen LogP contribution >= 0.6 is 11.8 Å². The normalized spacial score (nSPS) is 16.9. The molecule has 1 aromatic carbocycles. The summed E-state index contributed by atoms with van der Waals surface area (Å²) >= 11 is 6.06. The van der Waals surface area contributed by atoms with Crippen LogP contribution < -0.4 is 10.2 Å². The Morgan fingerprint density at radius 1 is 1.19 bits per heavy atom. The molecule has 0 aliphatic carbocycles. The Bertz CT molecular complexity index is 502. The number of anilines is 1. The molecule has 84 valence electrons. The van der Waals surface area contributed by atoms with Crippen molar-refractivity contribution in [3.05, 3.63) is 24.3 Å². The van der Waals surface area contributed by atoms with Gasteiger partial charge in [-0.3, -0.25) is 0 Å². The number of aromatic nitrogens is 2. The van der Waals surface area contributed by atoms with Gasteiger partial charge in [-0.1, -0.05) is 12.1 Å². The first-order valence-corrected chi connectivity index (χ1v) is 5.79. The number of rotatable bonds is 1. The number of piperazine rings is 1. The second-order valence-corrected chi connectivity index (χ2v) is 4.26. The van der Waals surface area contributed by atoms with Gasteiger partial charge in [0.05, 0.1) is 5.52 Å². The molecule has 2 heterocycles. The van der Waals surface area contributed by atoms with E-state index in [1.54, 1.807) is 0 Å². The minimum atomic E-state index is 0.970. The number of hydrogen-bond donors (Lipinski definition) is 1. The first-order valence-electron chi connectivity index (χ1n) is 5.46. The van der Waals surface area contributed by atoms with Crippen molar-refractivity contribution in [2.45, 2.75) is 0 Å². The number of fused-ring (bicyclic) bond motifs is 1. The first-order chi connectivity index (χ1) is 7.86. The Labute approximate surface area is 98.9 Å². The Kier molecular flexibility index (Phi) is 2.46. The summed E-state index contributed by atoms with van der Waals surface area (Å²) in [4.78, 5) is 2.28. The van der Waals surface area contributed by atoms with Gasteiger partial charge in [-0.15, -0.1) is 5.10 Å². The number of hydrogen-bond acceptors (Lipinski definition) is 3. The van der Waals surface area contributed by atoms with E-state index in [1.165, 1.54) is 4.20 Å². The molecule has 5 heteroatoms. The van der Waals surface area contributed by atoms with Gasteiger partial charge in [-0.05, 0) is 12.1 Å². The Balaban J connectivity index is 2.08. The van der Waals surface area contributed by atoms with E-state index in [0.29, 0.717) is 0 Å². The standard InChI is InChI=1S/C11H13ClN4/c12-16-10-4-2-1-3-9(10)11(14-16)15-7-5-13-6-8-15/h1-4,13H,5-8H2. The van der Waals surface area contributed by atoms with Gasteiger partial charge >= 0.3 is 0 Å². The van der Waals surface area contributed by atoms with Crippen LogP contribution in [0.3, 0.4) is 0 Å². The number of halogens is 1. The number of para-hydroxylation sites is 1. The van der Waals surface area contributed by atoms with Gasteiger partial charge in [-0.25, -0.2) is 0 Å². The lowest BCUT2D eigenvalue weighted by molar-refractivity contribution is 0.585. The molecule has 2 aromatic rings. The fourth-order valence-electron chi connectivity index (χ4n) is 2.12. The monoisotopic (exact) mass is 236 g/mol. The molecule has 0 radical (unpaired) electrons. The molecule has 0 amide bonds. The smallest absolute Gasteiger partial charge is 0.160 e. The molecule has 1 saturated heterocycles. The molecule has 3 rings (SSSR count). The van der Waals surface area contributed by atoms with Crippen LogP contribution in [0.4, 0.5) is 5.82 Å². The highest BCUT2D eigenvalue weighted by atomic mass is 35.5. The summed E-state index contributed by atoms with van der Waals surface area (Å²) in [5.41, 5.74) is 0.970. The summed E-state index contributed by atoms with van der Waals surface area (Å²) in [5, 5.41) is 8.85. The van der Waals surface area contributed by atoms with Crippen LogP contribution in [0.25, 0.3) is 10.9 Å². The SMILES string of the molecule is Cln1nc(N2CCNCC2)c2ccccc21. The zero-order valence-corrected chi connectivity index (χ0v) is 9.61. The summed E-state index contributed by atoms with van der Waals surface area (Å²) in [5.74, 6) is 0.993. The Morgan fingerprint density at radius 3 is 2.75 bits per heavy atom. The fraction of sp³-hybridized carbons (Fsp3) is 0.364. The fourth-order valence-corrected chi connectivity index (χ4v) is 2.34. The van der Waals surface area contributed by atoms with Crippen LogP contribution in [0.5, 0.6) is 0 Å². The molecule has 4 nitrogen and oxygen atoms in total. The third-order valence-electron chi connectivity index (χ3n) is 2.94. The maximum absolute atomic E-state index is 6.06. The van der Waals surface area contributed by atoms with Crippen molar-refractivity contribution >= 4 is 28.5 Å². The van der Waals surface area contributed by atoms with Crippen molar-refractivity contribution in [3.8, 4) is 0 Å². The van der Waals surface area contributed by atoms with Gasteiger partial charge in [0.25, 0.3) is 0 Å². The van der Waals surface area contributed by atoms with E-state index in [1.807, 2.05) is 18.2 Å². The molecule has 0 atom stereocenters. The summed E-state index contributed by atoms with van der Waals surface area (Å²) in [6, 6.07) is 8.05. The summed E-state index contributed by atoms with van der Waals surface area (Å²) in [6.45, 7) is 3.97. The molecule has 1 aliphatic rings. The van der Waals surface area contributed by atoms with Crippen molar-refractivity contribution in [1.82, 2.24) is 14.6 Å². The Morgan fingerprint density at radius 2 is 1.94 bits per heavy atom. The van der Waals surface area contributed by atoms with Crippen molar-refractivity contribution in [2.24, 2.45) is 0 Å². The molecule has 0 spiro atoms. The van der Waals surface area contributed by atoms with E-state index in [2.05, 4.69) is 21.4 Å². The van der Waals surface area contributed by atoms with Gasteiger partial charge < -0.3 is 10.2 Å². The van der Waals surface area contributed by atoms with Crippen LogP contribution in [-0.4, -0.2) is 35.5 Å². The van der Waals surface area contributed by atoms with Crippen molar-refractivity contribution in [1.29, 1.82) is 0 Å². The molecular weight excluding hydrogens is 224 g/mol. The highest BCUT2D eigenvalue weighted by Gasteiger charge is 2.17. The minimum Gasteiger partial charge on any atom is -0.352 e. The van der Waals surface area contributed by atoms with Gasteiger partial charge in [0.15, 0.2) is 5.82 Å². The molecule has 0 saturated carbocycles. The summed E-state index contributed by atoms with van der Waals surface area (Å²) < 4.78 is 1.44. The zero-order valence-electron chi connectivity index (χ0n) is 8.86. The lowest BCUT2D eigenvalue weighted by Gasteiger charge is -2.27. The van der Waals surface area contributed by atoms with Gasteiger partial charge in [0.1, 0.15) is 0 Å². The predicted octanol–water partition coefficient (Wildman–Crippen LogP) is 1.45. The Hall–Kier alpha value is -1.26. The second-order valence-electron chi connectivity index (χ2n) is 3.94. The van der Waals surface area contributed by atoms with Crippen molar-refractivity contribution in [2.75, 3.05) is 31.1 Å². The van der Waals surface area contributed by atoms with Crippen LogP contribution in [0, 0.1) is 0 Å². The maximum Gasteiger partial charge on any atom is 0.160 e. The average molecular weight is 237 g/mol. The van der Waals surface area contributed by atoms with E-state index >= 15 is 0 Å². The molecule has 0 unspecified atom stereocenters. The van der Waals surface area contributed by atoms with Gasteiger partial charge in [0, 0.05) is 43.3 Å². The molecular formula is C11H13ClN4. The van der Waals surface area contributed by atoms with E-state index in [0.717, 1.165) is 42.9 Å². The maximum atomic E-state index is 6.06. The third-order valence-corrected chi connectivity index (χ3v) is 3.20. The number of nitrogens with zero attached hydrogens (tertiary/aromatic N) is 3. The molecule has 1 fully saturated rings. The van der Waals surface area contributed by atoms with Crippen molar-refractivity contribution < 1.29 is 0 Å². The van der Waals surface area contributed by atoms with Crippen LogP contribution in [0.1, 0.15) is 0 Å². The van der Waals surface area contributed by atoms with E-state index in [9.17, 15) is 0 Å². The molecule has 0 bridgehead atoms. The minimum absolute atomic E-state index is 0.970. The molecule has 16 heavy (non-hydrogen) atoms. The molecule has 1 aromatic heterocycles. The highest BCUT2D eigenvalue weighted by molar-refractivity contribution is 6.19. The topological polar surface area (TPSA) is 33.1 Å². The lowest BCUT2D eigenvalue weighted by atomic mass is 10.2. The predicted molar refractivity (Wildman–Crippen MR) is 66.1 cm³/mol. The van der Waals surface area contributed by atoms with Crippen LogP contribution in [0.15, 0.2) is 24.3 Å². The lowest BCUT2D eigenvalue weighted by Crippen LogP contribution is -2.43. The van der Waals surface area contributed by atoms with Gasteiger partial charge in [-0.2, -0.15) is 4.20 Å². The summed E-state index contributed by atoms with van der Waals surface area (Å²) in [7, 11) is 0.